The number of benzene rings is 1. The van der Waals surface area contributed by atoms with E-state index in [0.717, 1.165) is 33.7 Å². The fourth-order valence-corrected chi connectivity index (χ4v) is 2.35. The molecule has 18 heavy (non-hydrogen) atoms. The summed E-state index contributed by atoms with van der Waals surface area (Å²) in [6.07, 6.45) is 1.82. The van der Waals surface area contributed by atoms with Crippen molar-refractivity contribution in [3.05, 3.63) is 34.7 Å². The fraction of sp³-hybridized carbons (Fsp3) is 0.308. The molecule has 0 radical (unpaired) electrons. The molecule has 0 aliphatic carbocycles. The zero-order valence-corrected chi connectivity index (χ0v) is 12.3. The van der Waals surface area contributed by atoms with Crippen LogP contribution in [0.5, 0.6) is 5.75 Å². The third kappa shape index (κ3) is 2.42. The zero-order valence-electron chi connectivity index (χ0n) is 10.7. The molecule has 2 aromatic rings. The molecule has 1 aromatic carbocycles. The second-order valence-electron chi connectivity index (χ2n) is 4.03. The first-order chi connectivity index (χ1) is 8.67. The Hall–Kier alpha value is -1.33. The topological polar surface area (TPSA) is 39.1 Å². The standard InChI is InChI=1S/C13H16BrN3O/c1-15-7-11-13(17(2)8-16-11)10-6-9(14)4-5-12(10)18-3/h4-6,8,15H,7H2,1-3H3. The van der Waals surface area contributed by atoms with E-state index in [1.165, 1.54) is 0 Å². The predicted octanol–water partition coefficient (Wildman–Crippen LogP) is 2.58. The maximum atomic E-state index is 5.43. The van der Waals surface area contributed by atoms with E-state index in [1.54, 1.807) is 7.11 Å². The van der Waals surface area contributed by atoms with E-state index in [0.29, 0.717) is 0 Å². The highest BCUT2D eigenvalue weighted by molar-refractivity contribution is 9.10. The molecular weight excluding hydrogens is 294 g/mol. The van der Waals surface area contributed by atoms with Crippen molar-refractivity contribution in [2.45, 2.75) is 6.54 Å². The van der Waals surface area contributed by atoms with E-state index < -0.39 is 0 Å². The Labute approximate surface area is 115 Å². The summed E-state index contributed by atoms with van der Waals surface area (Å²) in [5, 5.41) is 3.13. The third-order valence-electron chi connectivity index (χ3n) is 2.77. The van der Waals surface area contributed by atoms with E-state index in [1.807, 2.05) is 37.1 Å². The number of hydrogen-bond donors (Lipinski definition) is 1. The van der Waals surface area contributed by atoms with Gasteiger partial charge < -0.3 is 14.6 Å². The van der Waals surface area contributed by atoms with Crippen LogP contribution >= 0.6 is 15.9 Å². The van der Waals surface area contributed by atoms with E-state index in [2.05, 4.69) is 32.3 Å². The number of nitrogens with zero attached hydrogens (tertiary/aromatic N) is 2. The van der Waals surface area contributed by atoms with Crippen LogP contribution in [0.4, 0.5) is 0 Å². The molecule has 0 aliphatic heterocycles. The SMILES string of the molecule is CNCc1ncn(C)c1-c1cc(Br)ccc1OC. The van der Waals surface area contributed by atoms with Crippen molar-refractivity contribution in [1.82, 2.24) is 14.9 Å². The number of aromatic nitrogens is 2. The number of methoxy groups -OCH3 is 1. The first kappa shape index (κ1) is 13.1. The van der Waals surface area contributed by atoms with Crippen LogP contribution in [0.3, 0.4) is 0 Å². The quantitative estimate of drug-likeness (QED) is 0.943. The number of hydrogen-bond acceptors (Lipinski definition) is 3. The van der Waals surface area contributed by atoms with Gasteiger partial charge in [-0.2, -0.15) is 0 Å². The van der Waals surface area contributed by atoms with Gasteiger partial charge in [0.2, 0.25) is 0 Å². The first-order valence-corrected chi connectivity index (χ1v) is 6.45. The molecule has 0 fully saturated rings. The summed E-state index contributed by atoms with van der Waals surface area (Å²) in [7, 11) is 5.58. The molecule has 0 spiro atoms. The lowest BCUT2D eigenvalue weighted by Crippen LogP contribution is -2.07. The van der Waals surface area contributed by atoms with Crippen molar-refractivity contribution >= 4 is 15.9 Å². The zero-order chi connectivity index (χ0) is 13.1. The molecule has 4 nitrogen and oxygen atoms in total. The van der Waals surface area contributed by atoms with Crippen molar-refractivity contribution in [2.75, 3.05) is 14.2 Å². The Morgan fingerprint density at radius 1 is 1.44 bits per heavy atom. The van der Waals surface area contributed by atoms with Gasteiger partial charge in [0.05, 0.1) is 24.8 Å². The second kappa shape index (κ2) is 5.54. The maximum absolute atomic E-state index is 5.43. The van der Waals surface area contributed by atoms with E-state index >= 15 is 0 Å². The van der Waals surface area contributed by atoms with Crippen LogP contribution in [0.25, 0.3) is 11.3 Å². The molecule has 0 unspecified atom stereocenters. The van der Waals surface area contributed by atoms with Gasteiger partial charge in [-0.3, -0.25) is 0 Å². The molecule has 96 valence electrons. The van der Waals surface area contributed by atoms with Crippen molar-refractivity contribution in [3.8, 4) is 17.0 Å². The summed E-state index contributed by atoms with van der Waals surface area (Å²) in [6.45, 7) is 0.728. The van der Waals surface area contributed by atoms with Gasteiger partial charge in [-0.1, -0.05) is 15.9 Å². The number of nitrogens with one attached hydrogen (secondary N) is 1. The fourth-order valence-electron chi connectivity index (χ4n) is 1.99. The lowest BCUT2D eigenvalue weighted by Gasteiger charge is -2.11. The van der Waals surface area contributed by atoms with Crippen LogP contribution in [0.2, 0.25) is 0 Å². The maximum Gasteiger partial charge on any atom is 0.128 e. The van der Waals surface area contributed by atoms with E-state index in [9.17, 15) is 0 Å². The molecule has 5 heteroatoms. The summed E-state index contributed by atoms with van der Waals surface area (Å²) in [4.78, 5) is 4.42. The molecule has 0 amide bonds. The van der Waals surface area contributed by atoms with E-state index in [4.69, 9.17) is 4.74 Å². The minimum Gasteiger partial charge on any atom is -0.496 e. The molecule has 0 saturated heterocycles. The Kier molecular flexibility index (Phi) is 4.04. The van der Waals surface area contributed by atoms with Crippen LogP contribution in [0.1, 0.15) is 5.69 Å². The van der Waals surface area contributed by atoms with Gasteiger partial charge in [0.15, 0.2) is 0 Å². The smallest absolute Gasteiger partial charge is 0.128 e. The summed E-state index contributed by atoms with van der Waals surface area (Å²) in [6, 6.07) is 5.97. The number of halogens is 1. The normalized spacial score (nSPS) is 10.7. The summed E-state index contributed by atoms with van der Waals surface area (Å²) >= 11 is 3.50. The molecule has 2 rings (SSSR count). The molecule has 1 N–H and O–H groups in total. The minimum absolute atomic E-state index is 0.728. The van der Waals surface area contributed by atoms with Crippen LogP contribution in [-0.2, 0) is 13.6 Å². The van der Waals surface area contributed by atoms with Crippen LogP contribution in [0, 0.1) is 0 Å². The van der Waals surface area contributed by atoms with Crippen LogP contribution in [-0.4, -0.2) is 23.7 Å². The molecule has 1 heterocycles. The molecule has 0 saturated carbocycles. The Bertz CT molecular complexity index is 551. The van der Waals surface area contributed by atoms with Gasteiger partial charge >= 0.3 is 0 Å². The molecule has 0 bridgehead atoms. The highest BCUT2D eigenvalue weighted by atomic mass is 79.9. The van der Waals surface area contributed by atoms with Crippen LogP contribution < -0.4 is 10.1 Å². The lowest BCUT2D eigenvalue weighted by molar-refractivity contribution is 0.416. The van der Waals surface area contributed by atoms with Gasteiger partial charge in [-0.05, 0) is 25.2 Å². The van der Waals surface area contributed by atoms with Crippen molar-refractivity contribution in [2.24, 2.45) is 7.05 Å². The highest BCUT2D eigenvalue weighted by Crippen LogP contribution is 2.34. The molecule has 0 atom stereocenters. The average molecular weight is 310 g/mol. The minimum atomic E-state index is 0.728. The highest BCUT2D eigenvalue weighted by Gasteiger charge is 2.15. The van der Waals surface area contributed by atoms with Crippen LogP contribution in [0.15, 0.2) is 29.0 Å². The van der Waals surface area contributed by atoms with Gasteiger partial charge in [-0.25, -0.2) is 4.98 Å². The largest absolute Gasteiger partial charge is 0.496 e. The molecular formula is C13H16BrN3O. The Morgan fingerprint density at radius 3 is 2.89 bits per heavy atom. The average Bonchev–Trinajstić information content (AvgIpc) is 2.71. The van der Waals surface area contributed by atoms with Crippen molar-refractivity contribution in [3.63, 3.8) is 0 Å². The monoisotopic (exact) mass is 309 g/mol. The summed E-state index contributed by atoms with van der Waals surface area (Å²) in [5.74, 6) is 0.846. The lowest BCUT2D eigenvalue weighted by atomic mass is 10.1. The molecule has 1 aromatic heterocycles. The van der Waals surface area contributed by atoms with Crippen molar-refractivity contribution in [1.29, 1.82) is 0 Å². The summed E-state index contributed by atoms with van der Waals surface area (Å²) in [5.41, 5.74) is 3.12. The van der Waals surface area contributed by atoms with Gasteiger partial charge in [0.25, 0.3) is 0 Å². The van der Waals surface area contributed by atoms with E-state index in [-0.39, 0.29) is 0 Å². The van der Waals surface area contributed by atoms with Gasteiger partial charge in [0.1, 0.15) is 5.75 Å². The van der Waals surface area contributed by atoms with Gasteiger partial charge in [0, 0.05) is 23.6 Å². The number of rotatable bonds is 4. The van der Waals surface area contributed by atoms with Gasteiger partial charge in [-0.15, -0.1) is 0 Å². The third-order valence-corrected chi connectivity index (χ3v) is 3.27. The summed E-state index contributed by atoms with van der Waals surface area (Å²) < 4.78 is 8.46. The first-order valence-electron chi connectivity index (χ1n) is 5.66. The number of imidazole rings is 1. The number of aryl methyl sites for hydroxylation is 1. The van der Waals surface area contributed by atoms with Crippen molar-refractivity contribution < 1.29 is 4.74 Å². The predicted molar refractivity (Wildman–Crippen MR) is 75.7 cm³/mol. The second-order valence-corrected chi connectivity index (χ2v) is 4.94. The molecule has 0 aliphatic rings. The Morgan fingerprint density at radius 2 is 2.22 bits per heavy atom. The number of ether oxygens (including phenoxy) is 1. The Balaban J connectivity index is 2.60.